The second-order valence-corrected chi connectivity index (χ2v) is 6.01. The van der Waals surface area contributed by atoms with Gasteiger partial charge in [0, 0.05) is 24.9 Å². The summed E-state index contributed by atoms with van der Waals surface area (Å²) in [6, 6.07) is 15.5. The Labute approximate surface area is 152 Å². The van der Waals surface area contributed by atoms with E-state index in [9.17, 15) is 4.79 Å². The molecule has 0 radical (unpaired) electrons. The van der Waals surface area contributed by atoms with Crippen LogP contribution in [0.3, 0.4) is 0 Å². The van der Waals surface area contributed by atoms with Gasteiger partial charge in [-0.15, -0.1) is 0 Å². The Morgan fingerprint density at radius 3 is 2.77 bits per heavy atom. The Morgan fingerprint density at radius 1 is 1.19 bits per heavy atom. The molecular formula is C20H21N3O3. The number of ether oxygens (including phenoxy) is 1. The molecule has 2 aromatic carbocycles. The average Bonchev–Trinajstić information content (AvgIpc) is 3.14. The van der Waals surface area contributed by atoms with Gasteiger partial charge >= 0.3 is 0 Å². The normalized spacial score (nSPS) is 10.5. The minimum Gasteiger partial charge on any atom is -0.497 e. The highest BCUT2D eigenvalue weighted by Gasteiger charge is 2.10. The molecule has 0 fully saturated rings. The van der Waals surface area contributed by atoms with Gasteiger partial charge in [0.25, 0.3) is 0 Å². The molecule has 3 aromatic rings. The summed E-state index contributed by atoms with van der Waals surface area (Å²) < 4.78 is 10.4. The van der Waals surface area contributed by atoms with Crippen LogP contribution in [0.25, 0.3) is 11.4 Å². The fourth-order valence-corrected chi connectivity index (χ4v) is 2.47. The molecule has 0 aliphatic carbocycles. The van der Waals surface area contributed by atoms with Crippen LogP contribution in [0.15, 0.2) is 53.1 Å². The number of nitrogens with zero attached hydrogens (tertiary/aromatic N) is 2. The van der Waals surface area contributed by atoms with Crippen LogP contribution in [0.1, 0.15) is 23.4 Å². The number of carbonyl (C=O) groups excluding carboxylic acids is 1. The van der Waals surface area contributed by atoms with Crippen molar-refractivity contribution >= 4 is 5.91 Å². The molecule has 0 atom stereocenters. The topological polar surface area (TPSA) is 77.2 Å². The standard InChI is InChI=1S/C20H21N3O3/c1-14-6-8-16(9-7-14)20-22-19(26-23-20)11-10-18(24)21-13-15-4-3-5-17(12-15)25-2/h3-9,12H,10-11,13H2,1-2H3,(H,21,24). The monoisotopic (exact) mass is 351 g/mol. The van der Waals surface area contributed by atoms with E-state index in [0.29, 0.717) is 31.1 Å². The van der Waals surface area contributed by atoms with E-state index in [1.807, 2.05) is 55.5 Å². The van der Waals surface area contributed by atoms with E-state index >= 15 is 0 Å². The SMILES string of the molecule is COc1cccc(CNC(=O)CCc2nc(-c3ccc(C)cc3)no2)c1. The van der Waals surface area contributed by atoms with E-state index in [1.165, 1.54) is 5.56 Å². The number of benzene rings is 2. The molecule has 0 saturated heterocycles. The van der Waals surface area contributed by atoms with Gasteiger partial charge in [0.1, 0.15) is 5.75 Å². The highest BCUT2D eigenvalue weighted by molar-refractivity contribution is 5.76. The molecule has 6 nitrogen and oxygen atoms in total. The minimum absolute atomic E-state index is 0.0668. The third-order valence-electron chi connectivity index (χ3n) is 3.97. The van der Waals surface area contributed by atoms with Crippen LogP contribution in [0.5, 0.6) is 5.75 Å². The van der Waals surface area contributed by atoms with Crippen LogP contribution in [-0.4, -0.2) is 23.2 Å². The molecule has 3 rings (SSSR count). The van der Waals surface area contributed by atoms with Crippen molar-refractivity contribution in [2.45, 2.75) is 26.3 Å². The van der Waals surface area contributed by atoms with Gasteiger partial charge in [-0.05, 0) is 24.6 Å². The third-order valence-corrected chi connectivity index (χ3v) is 3.97. The molecule has 134 valence electrons. The number of aromatic nitrogens is 2. The molecule has 6 heteroatoms. The lowest BCUT2D eigenvalue weighted by Crippen LogP contribution is -2.23. The first-order valence-corrected chi connectivity index (χ1v) is 8.43. The van der Waals surface area contributed by atoms with Gasteiger partial charge in [0.15, 0.2) is 0 Å². The van der Waals surface area contributed by atoms with Crippen molar-refractivity contribution < 1.29 is 14.1 Å². The summed E-state index contributed by atoms with van der Waals surface area (Å²) in [4.78, 5) is 16.4. The lowest BCUT2D eigenvalue weighted by molar-refractivity contribution is -0.121. The molecule has 0 spiro atoms. The molecule has 0 bridgehead atoms. The fraction of sp³-hybridized carbons (Fsp3) is 0.250. The number of methoxy groups -OCH3 is 1. The zero-order valence-corrected chi connectivity index (χ0v) is 14.9. The van der Waals surface area contributed by atoms with Crippen LogP contribution in [0.4, 0.5) is 0 Å². The molecule has 0 saturated carbocycles. The Kier molecular flexibility index (Phi) is 5.63. The minimum atomic E-state index is -0.0668. The number of aryl methyl sites for hydroxylation is 2. The van der Waals surface area contributed by atoms with E-state index in [-0.39, 0.29) is 5.91 Å². The van der Waals surface area contributed by atoms with Crippen molar-refractivity contribution in [1.82, 2.24) is 15.5 Å². The fourth-order valence-electron chi connectivity index (χ4n) is 2.47. The summed E-state index contributed by atoms with van der Waals surface area (Å²) >= 11 is 0. The Bertz CT molecular complexity index is 872. The van der Waals surface area contributed by atoms with Gasteiger partial charge in [-0.2, -0.15) is 4.98 Å². The molecular weight excluding hydrogens is 330 g/mol. The van der Waals surface area contributed by atoms with Crippen LogP contribution in [0.2, 0.25) is 0 Å². The zero-order chi connectivity index (χ0) is 18.4. The smallest absolute Gasteiger partial charge is 0.227 e. The Balaban J connectivity index is 1.49. The Hall–Kier alpha value is -3.15. The highest BCUT2D eigenvalue weighted by atomic mass is 16.5. The lowest BCUT2D eigenvalue weighted by Gasteiger charge is -2.06. The molecule has 1 amide bonds. The Morgan fingerprint density at radius 2 is 2.00 bits per heavy atom. The highest BCUT2D eigenvalue weighted by Crippen LogP contribution is 2.17. The molecule has 1 aromatic heterocycles. The van der Waals surface area contributed by atoms with Crippen molar-refractivity contribution in [3.8, 4) is 17.1 Å². The van der Waals surface area contributed by atoms with Crippen molar-refractivity contribution in [2.24, 2.45) is 0 Å². The average molecular weight is 351 g/mol. The molecule has 0 aliphatic rings. The summed E-state index contributed by atoms with van der Waals surface area (Å²) in [5, 5.41) is 6.86. The number of carbonyl (C=O) groups is 1. The molecule has 0 unspecified atom stereocenters. The summed E-state index contributed by atoms with van der Waals surface area (Å²) in [5.74, 6) is 1.70. The van der Waals surface area contributed by atoms with E-state index in [1.54, 1.807) is 7.11 Å². The molecule has 1 N–H and O–H groups in total. The van der Waals surface area contributed by atoms with Gasteiger partial charge in [0.2, 0.25) is 17.6 Å². The second-order valence-electron chi connectivity index (χ2n) is 6.01. The molecule has 26 heavy (non-hydrogen) atoms. The van der Waals surface area contributed by atoms with Gasteiger partial charge in [-0.1, -0.05) is 47.1 Å². The predicted molar refractivity (Wildman–Crippen MR) is 97.6 cm³/mol. The zero-order valence-electron chi connectivity index (χ0n) is 14.9. The van der Waals surface area contributed by atoms with Crippen molar-refractivity contribution in [3.05, 3.63) is 65.5 Å². The van der Waals surface area contributed by atoms with Crippen LogP contribution < -0.4 is 10.1 Å². The van der Waals surface area contributed by atoms with Crippen molar-refractivity contribution in [3.63, 3.8) is 0 Å². The predicted octanol–water partition coefficient (Wildman–Crippen LogP) is 3.30. The lowest BCUT2D eigenvalue weighted by atomic mass is 10.1. The van der Waals surface area contributed by atoms with Gasteiger partial charge < -0.3 is 14.6 Å². The molecule has 0 aliphatic heterocycles. The van der Waals surface area contributed by atoms with Gasteiger partial charge in [-0.3, -0.25) is 4.79 Å². The first-order chi connectivity index (χ1) is 12.6. The summed E-state index contributed by atoms with van der Waals surface area (Å²) in [6.07, 6.45) is 0.697. The third kappa shape index (κ3) is 4.69. The van der Waals surface area contributed by atoms with Gasteiger partial charge in [0.05, 0.1) is 7.11 Å². The van der Waals surface area contributed by atoms with Gasteiger partial charge in [-0.25, -0.2) is 0 Å². The maximum atomic E-state index is 12.0. The maximum Gasteiger partial charge on any atom is 0.227 e. The van der Waals surface area contributed by atoms with Crippen LogP contribution in [-0.2, 0) is 17.8 Å². The van der Waals surface area contributed by atoms with Crippen molar-refractivity contribution in [1.29, 1.82) is 0 Å². The molecule has 1 heterocycles. The van der Waals surface area contributed by atoms with Crippen LogP contribution >= 0.6 is 0 Å². The summed E-state index contributed by atoms with van der Waals surface area (Å²) in [5.41, 5.74) is 3.05. The van der Waals surface area contributed by atoms with E-state index < -0.39 is 0 Å². The first-order valence-electron chi connectivity index (χ1n) is 8.43. The first kappa shape index (κ1) is 17.7. The number of rotatable bonds is 7. The number of nitrogens with one attached hydrogen (secondary N) is 1. The maximum absolute atomic E-state index is 12.0. The summed E-state index contributed by atoms with van der Waals surface area (Å²) in [7, 11) is 1.62. The van der Waals surface area contributed by atoms with E-state index in [2.05, 4.69) is 15.5 Å². The van der Waals surface area contributed by atoms with E-state index in [0.717, 1.165) is 16.9 Å². The number of hydrogen-bond donors (Lipinski definition) is 1. The largest absolute Gasteiger partial charge is 0.497 e. The summed E-state index contributed by atoms with van der Waals surface area (Å²) in [6.45, 7) is 2.48. The van der Waals surface area contributed by atoms with Crippen LogP contribution in [0, 0.1) is 6.92 Å². The van der Waals surface area contributed by atoms with Crippen molar-refractivity contribution in [2.75, 3.05) is 7.11 Å². The number of hydrogen-bond acceptors (Lipinski definition) is 5. The second kappa shape index (κ2) is 8.29. The number of amides is 1. The quantitative estimate of drug-likeness (QED) is 0.707. The van der Waals surface area contributed by atoms with E-state index in [4.69, 9.17) is 9.26 Å².